The van der Waals surface area contributed by atoms with Crippen molar-refractivity contribution in [1.29, 1.82) is 0 Å². The summed E-state index contributed by atoms with van der Waals surface area (Å²) in [6, 6.07) is 12.5. The van der Waals surface area contributed by atoms with Crippen LogP contribution in [0.15, 0.2) is 42.5 Å². The zero-order chi connectivity index (χ0) is 23.3. The zero-order valence-electron chi connectivity index (χ0n) is 20.0. The van der Waals surface area contributed by atoms with Gasteiger partial charge < -0.3 is 14.1 Å². The summed E-state index contributed by atoms with van der Waals surface area (Å²) >= 11 is 0. The number of carbonyl (C=O) groups is 1. The molecule has 0 amide bonds. The van der Waals surface area contributed by atoms with Crippen LogP contribution >= 0.6 is 0 Å². The van der Waals surface area contributed by atoms with Gasteiger partial charge in [-0.2, -0.15) is 0 Å². The number of benzene rings is 2. The minimum atomic E-state index is -1.40. The highest BCUT2D eigenvalue weighted by atomic mass is 28.3. The number of carbonyl (C=O) groups excluding carboxylic acids is 1. The lowest BCUT2D eigenvalue weighted by Gasteiger charge is -2.26. The molecule has 0 unspecified atom stereocenters. The van der Waals surface area contributed by atoms with Crippen molar-refractivity contribution in [1.82, 2.24) is 9.97 Å². The second kappa shape index (κ2) is 10.2. The van der Waals surface area contributed by atoms with E-state index in [1.165, 1.54) is 11.6 Å². The number of imidazole rings is 1. The minimum absolute atomic E-state index is 0.136. The third kappa shape index (κ3) is 5.88. The predicted molar refractivity (Wildman–Crippen MR) is 134 cm³/mol. The molecule has 1 N–H and O–H groups in total. The number of nitrogens with zero attached hydrogens (tertiary/aromatic N) is 1. The van der Waals surface area contributed by atoms with Gasteiger partial charge in [-0.05, 0) is 49.6 Å². The smallest absolute Gasteiger partial charge is 0.330 e. The van der Waals surface area contributed by atoms with Crippen molar-refractivity contribution in [3.05, 3.63) is 65.0 Å². The number of aromatic amines is 1. The van der Waals surface area contributed by atoms with E-state index in [0.29, 0.717) is 6.61 Å². The molecule has 0 saturated carbocycles. The van der Waals surface area contributed by atoms with Gasteiger partial charge in [-0.1, -0.05) is 51.1 Å². The van der Waals surface area contributed by atoms with Crippen LogP contribution in [0, 0.1) is 0 Å². The Morgan fingerprint density at radius 3 is 2.50 bits per heavy atom. The number of hydrogen-bond acceptors (Lipinski definition) is 4. The van der Waals surface area contributed by atoms with E-state index < -0.39 is 9.04 Å². The fourth-order valence-corrected chi connectivity index (χ4v) is 4.38. The van der Waals surface area contributed by atoms with Crippen molar-refractivity contribution >= 4 is 32.1 Å². The molecule has 1 aromatic heterocycles. The maximum atomic E-state index is 12.1. The van der Waals surface area contributed by atoms with Gasteiger partial charge in [0.15, 0.2) is 0 Å². The molecule has 32 heavy (non-hydrogen) atoms. The average molecular weight is 451 g/mol. The van der Waals surface area contributed by atoms with Gasteiger partial charge >= 0.3 is 5.97 Å². The number of aryl methyl sites for hydroxylation is 2. The second-order valence-electron chi connectivity index (χ2n) is 9.23. The molecule has 6 heteroatoms. The van der Waals surface area contributed by atoms with Gasteiger partial charge in [-0.25, -0.2) is 9.78 Å². The summed E-state index contributed by atoms with van der Waals surface area (Å²) in [7, 11) is -1.40. The van der Waals surface area contributed by atoms with E-state index in [1.54, 1.807) is 13.0 Å². The van der Waals surface area contributed by atoms with Crippen molar-refractivity contribution in [2.45, 2.75) is 59.0 Å². The Balaban J connectivity index is 2.11. The molecular formula is C26H34N2O3Si. The van der Waals surface area contributed by atoms with Gasteiger partial charge in [0.2, 0.25) is 9.04 Å². The quantitative estimate of drug-likeness (QED) is 0.276. The summed E-state index contributed by atoms with van der Waals surface area (Å²) in [6.07, 6.45) is 4.99. The monoisotopic (exact) mass is 450 g/mol. The Kier molecular flexibility index (Phi) is 7.56. The third-order valence-electron chi connectivity index (χ3n) is 5.15. The number of nitrogens with one attached hydrogen (secondary N) is 1. The lowest BCUT2D eigenvalue weighted by molar-refractivity contribution is -0.137. The van der Waals surface area contributed by atoms with Crippen LogP contribution in [0.3, 0.4) is 0 Å². The Hall–Kier alpha value is -2.86. The normalized spacial score (nSPS) is 12.1. The number of fused-ring (bicyclic) bond motifs is 1. The van der Waals surface area contributed by atoms with E-state index in [2.05, 4.69) is 69.2 Å². The maximum Gasteiger partial charge on any atom is 0.330 e. The van der Waals surface area contributed by atoms with Crippen LogP contribution in [0.2, 0.25) is 13.1 Å². The molecule has 0 radical (unpaired) electrons. The molecule has 3 rings (SSSR count). The van der Waals surface area contributed by atoms with Gasteiger partial charge in [0.1, 0.15) is 11.6 Å². The topological polar surface area (TPSA) is 64.2 Å². The maximum absolute atomic E-state index is 12.1. The van der Waals surface area contributed by atoms with E-state index in [0.717, 1.165) is 46.6 Å². The first kappa shape index (κ1) is 23.8. The molecular weight excluding hydrogens is 416 g/mol. The van der Waals surface area contributed by atoms with Crippen LogP contribution < -0.4 is 4.43 Å². The zero-order valence-corrected chi connectivity index (χ0v) is 21.1. The Labute approximate surface area is 192 Å². The SMILES string of the molecule is CCOC(=O)C=Cc1c(O[SiH](C)C)c(C(C)(C)C)cc2nc(CCc3ccccc3)[nH]c12. The predicted octanol–water partition coefficient (Wildman–Crippen LogP) is 5.58. The van der Waals surface area contributed by atoms with E-state index in [1.807, 2.05) is 6.07 Å². The van der Waals surface area contributed by atoms with E-state index in [9.17, 15) is 4.79 Å². The summed E-state index contributed by atoms with van der Waals surface area (Å²) in [5, 5.41) is 0. The highest BCUT2D eigenvalue weighted by Gasteiger charge is 2.25. The van der Waals surface area contributed by atoms with Crippen LogP contribution in [-0.4, -0.2) is 31.6 Å². The van der Waals surface area contributed by atoms with E-state index in [4.69, 9.17) is 14.1 Å². The van der Waals surface area contributed by atoms with Crippen molar-refractivity contribution in [2.24, 2.45) is 0 Å². The molecule has 0 aliphatic heterocycles. The Morgan fingerprint density at radius 1 is 1.16 bits per heavy atom. The van der Waals surface area contributed by atoms with Crippen LogP contribution in [0.5, 0.6) is 5.75 Å². The average Bonchev–Trinajstić information content (AvgIpc) is 3.14. The first-order chi connectivity index (χ1) is 15.2. The summed E-state index contributed by atoms with van der Waals surface area (Å²) in [6.45, 7) is 13.0. The minimum Gasteiger partial charge on any atom is -0.546 e. The summed E-state index contributed by atoms with van der Waals surface area (Å²) < 4.78 is 11.5. The summed E-state index contributed by atoms with van der Waals surface area (Å²) in [5.74, 6) is 1.40. The lowest BCUT2D eigenvalue weighted by atomic mass is 9.84. The molecule has 170 valence electrons. The lowest BCUT2D eigenvalue weighted by Crippen LogP contribution is -2.19. The van der Waals surface area contributed by atoms with Crippen LogP contribution in [0.1, 0.15) is 50.2 Å². The summed E-state index contributed by atoms with van der Waals surface area (Å²) in [5.41, 5.74) is 4.88. The van der Waals surface area contributed by atoms with Gasteiger partial charge in [-0.15, -0.1) is 0 Å². The number of ether oxygens (including phenoxy) is 1. The van der Waals surface area contributed by atoms with Crippen molar-refractivity contribution in [3.63, 3.8) is 0 Å². The van der Waals surface area contributed by atoms with Crippen LogP contribution in [0.4, 0.5) is 0 Å². The van der Waals surface area contributed by atoms with Gasteiger partial charge in [0, 0.05) is 23.6 Å². The molecule has 0 aliphatic carbocycles. The number of H-pyrrole nitrogens is 1. The highest BCUT2D eigenvalue weighted by molar-refractivity contribution is 6.49. The van der Waals surface area contributed by atoms with E-state index in [-0.39, 0.29) is 11.4 Å². The standard InChI is InChI=1S/C26H34N2O3Si/c1-7-30-23(29)16-14-19-24-21(17-20(26(2,3)4)25(19)31-32(5)6)27-22(28-24)15-13-18-11-9-8-10-12-18/h8-12,14,16-17,32H,7,13,15H2,1-6H3,(H,27,28). The molecule has 5 nitrogen and oxygen atoms in total. The van der Waals surface area contributed by atoms with Crippen LogP contribution in [0.25, 0.3) is 17.1 Å². The molecule has 3 aromatic rings. The number of aromatic nitrogens is 2. The molecule has 0 spiro atoms. The molecule has 1 heterocycles. The van der Waals surface area contributed by atoms with Crippen molar-refractivity contribution < 1.29 is 14.0 Å². The second-order valence-corrected chi connectivity index (χ2v) is 11.6. The number of esters is 1. The highest BCUT2D eigenvalue weighted by Crippen LogP contribution is 2.39. The van der Waals surface area contributed by atoms with Crippen LogP contribution in [-0.2, 0) is 27.8 Å². The third-order valence-corrected chi connectivity index (χ3v) is 5.86. The fraction of sp³-hybridized carbons (Fsp3) is 0.385. The van der Waals surface area contributed by atoms with Gasteiger partial charge in [0.25, 0.3) is 0 Å². The molecule has 0 bridgehead atoms. The molecule has 0 saturated heterocycles. The number of hydrogen-bond donors (Lipinski definition) is 1. The van der Waals surface area contributed by atoms with Crippen molar-refractivity contribution in [3.8, 4) is 5.75 Å². The molecule has 0 aliphatic rings. The van der Waals surface area contributed by atoms with E-state index >= 15 is 0 Å². The molecule has 0 fully saturated rings. The van der Waals surface area contributed by atoms with Gasteiger partial charge in [0.05, 0.1) is 17.6 Å². The van der Waals surface area contributed by atoms with Gasteiger partial charge in [-0.3, -0.25) is 0 Å². The molecule has 0 atom stereocenters. The first-order valence-electron chi connectivity index (χ1n) is 11.3. The Morgan fingerprint density at radius 2 is 1.88 bits per heavy atom. The van der Waals surface area contributed by atoms with Crippen molar-refractivity contribution in [2.75, 3.05) is 6.61 Å². The molecule has 2 aromatic carbocycles. The number of rotatable bonds is 8. The fourth-order valence-electron chi connectivity index (χ4n) is 3.65. The Bertz CT molecular complexity index is 1100. The largest absolute Gasteiger partial charge is 0.546 e. The summed E-state index contributed by atoms with van der Waals surface area (Å²) in [4.78, 5) is 20.5. The first-order valence-corrected chi connectivity index (χ1v) is 14.1.